The van der Waals surface area contributed by atoms with Crippen molar-refractivity contribution >= 4 is 22.5 Å². The highest BCUT2D eigenvalue weighted by Crippen LogP contribution is 2.35. The van der Waals surface area contributed by atoms with Crippen molar-refractivity contribution in [2.75, 3.05) is 0 Å². The Morgan fingerprint density at radius 3 is 2.85 bits per heavy atom. The second-order valence-corrected chi connectivity index (χ2v) is 6.19. The van der Waals surface area contributed by atoms with Gasteiger partial charge in [-0.05, 0) is 31.2 Å². The molecule has 2 heterocycles. The molecule has 0 saturated carbocycles. The molecule has 126 valence electrons. The molecule has 26 heavy (non-hydrogen) atoms. The molecule has 0 amide bonds. The Morgan fingerprint density at radius 2 is 2.04 bits per heavy atom. The summed E-state index contributed by atoms with van der Waals surface area (Å²) in [6.45, 7) is 1.78. The molecule has 4 rings (SSSR count). The van der Waals surface area contributed by atoms with Crippen molar-refractivity contribution in [3.63, 3.8) is 0 Å². The second-order valence-electron chi connectivity index (χ2n) is 5.78. The van der Waals surface area contributed by atoms with E-state index in [1.165, 1.54) is 6.07 Å². The maximum absolute atomic E-state index is 14.7. The van der Waals surface area contributed by atoms with E-state index in [1.807, 2.05) is 12.1 Å². The van der Waals surface area contributed by atoms with Crippen LogP contribution < -0.4 is 0 Å². The van der Waals surface area contributed by atoms with E-state index in [1.54, 1.807) is 37.5 Å². The summed E-state index contributed by atoms with van der Waals surface area (Å²) in [5.74, 6) is -0.619. The van der Waals surface area contributed by atoms with Crippen LogP contribution in [0.25, 0.3) is 33.4 Å². The van der Waals surface area contributed by atoms with Crippen LogP contribution in [0, 0.1) is 24.1 Å². The first-order valence-corrected chi connectivity index (χ1v) is 8.12. The Kier molecular flexibility index (Phi) is 3.86. The molecule has 4 aromatic rings. The number of H-pyrrole nitrogens is 1. The number of aryl methyl sites for hydroxylation is 1. The van der Waals surface area contributed by atoms with Crippen LogP contribution in [0.2, 0.25) is 5.02 Å². The molecule has 2 aromatic heterocycles. The molecular weight excluding hydrogens is 353 g/mol. The van der Waals surface area contributed by atoms with E-state index < -0.39 is 5.82 Å². The van der Waals surface area contributed by atoms with Crippen LogP contribution >= 0.6 is 11.6 Å². The standard InChI is InChI=1S/C19H11ClFN5/c1-10-8-23-18(12-5-13-9-24-26-17(13)15(20)6-12)19(25-10)14-4-2-3-11(7-22)16(14)21/h2-6,8-9H,1H3,(H,24,26). The van der Waals surface area contributed by atoms with Crippen LogP contribution in [0.4, 0.5) is 4.39 Å². The average Bonchev–Trinajstić information content (AvgIpc) is 3.11. The van der Waals surface area contributed by atoms with Crippen molar-refractivity contribution in [2.24, 2.45) is 0 Å². The Balaban J connectivity index is 2.00. The van der Waals surface area contributed by atoms with Crippen molar-refractivity contribution in [2.45, 2.75) is 6.92 Å². The predicted molar refractivity (Wildman–Crippen MR) is 97.0 cm³/mol. The number of rotatable bonds is 2. The molecule has 0 aliphatic carbocycles. The smallest absolute Gasteiger partial charge is 0.150 e. The number of hydrogen-bond acceptors (Lipinski definition) is 4. The van der Waals surface area contributed by atoms with E-state index in [4.69, 9.17) is 16.9 Å². The summed E-state index contributed by atoms with van der Waals surface area (Å²) in [5, 5.41) is 17.2. The van der Waals surface area contributed by atoms with Crippen LogP contribution in [0.3, 0.4) is 0 Å². The summed E-state index contributed by atoms with van der Waals surface area (Å²) in [6, 6.07) is 10.1. The summed E-state index contributed by atoms with van der Waals surface area (Å²) < 4.78 is 14.7. The molecule has 0 unspecified atom stereocenters. The Morgan fingerprint density at radius 1 is 1.19 bits per heavy atom. The third-order valence-electron chi connectivity index (χ3n) is 4.04. The predicted octanol–water partition coefficient (Wildman–Crippen LogP) is 4.66. The molecule has 5 nitrogen and oxygen atoms in total. The first-order valence-electron chi connectivity index (χ1n) is 7.74. The number of aromatic nitrogens is 4. The zero-order chi connectivity index (χ0) is 18.3. The lowest BCUT2D eigenvalue weighted by atomic mass is 10.0. The Bertz CT molecular complexity index is 1190. The van der Waals surface area contributed by atoms with Crippen LogP contribution in [0.15, 0.2) is 42.7 Å². The van der Waals surface area contributed by atoms with E-state index in [9.17, 15) is 4.39 Å². The van der Waals surface area contributed by atoms with Gasteiger partial charge in [-0.15, -0.1) is 0 Å². The van der Waals surface area contributed by atoms with Gasteiger partial charge in [-0.2, -0.15) is 10.4 Å². The molecule has 0 radical (unpaired) electrons. The second kappa shape index (κ2) is 6.21. The number of hydrogen-bond donors (Lipinski definition) is 1. The van der Waals surface area contributed by atoms with Gasteiger partial charge in [0.25, 0.3) is 0 Å². The van der Waals surface area contributed by atoms with Gasteiger partial charge < -0.3 is 0 Å². The Labute approximate surface area is 153 Å². The molecule has 0 aliphatic heterocycles. The maximum atomic E-state index is 14.7. The highest BCUT2D eigenvalue weighted by atomic mass is 35.5. The first kappa shape index (κ1) is 16.2. The Hall–Kier alpha value is -3.30. The lowest BCUT2D eigenvalue weighted by molar-refractivity contribution is 0.626. The van der Waals surface area contributed by atoms with Crippen molar-refractivity contribution in [3.8, 4) is 28.6 Å². The maximum Gasteiger partial charge on any atom is 0.150 e. The normalized spacial score (nSPS) is 10.8. The number of fused-ring (bicyclic) bond motifs is 1. The van der Waals surface area contributed by atoms with Gasteiger partial charge in [-0.1, -0.05) is 17.7 Å². The van der Waals surface area contributed by atoms with Gasteiger partial charge in [-0.25, -0.2) is 9.37 Å². The van der Waals surface area contributed by atoms with Gasteiger partial charge in [-0.3, -0.25) is 10.1 Å². The fourth-order valence-electron chi connectivity index (χ4n) is 2.83. The van der Waals surface area contributed by atoms with Gasteiger partial charge in [0.05, 0.1) is 39.4 Å². The average molecular weight is 364 g/mol. The minimum Gasteiger partial charge on any atom is -0.276 e. The number of nitrogens with one attached hydrogen (secondary N) is 1. The molecule has 1 N–H and O–H groups in total. The number of aromatic amines is 1. The van der Waals surface area contributed by atoms with Gasteiger partial charge in [0.15, 0.2) is 0 Å². The third kappa shape index (κ3) is 2.59. The number of nitrogens with zero attached hydrogens (tertiary/aromatic N) is 4. The van der Waals surface area contributed by atoms with E-state index in [-0.39, 0.29) is 11.1 Å². The summed E-state index contributed by atoms with van der Waals surface area (Å²) in [5.41, 5.74) is 3.07. The third-order valence-corrected chi connectivity index (χ3v) is 4.34. The molecule has 0 spiro atoms. The highest BCUT2D eigenvalue weighted by Gasteiger charge is 2.18. The van der Waals surface area contributed by atoms with Gasteiger partial charge in [0, 0.05) is 22.7 Å². The van der Waals surface area contributed by atoms with E-state index in [0.29, 0.717) is 27.7 Å². The van der Waals surface area contributed by atoms with Crippen molar-refractivity contribution < 1.29 is 4.39 Å². The molecular formula is C19H11ClFN5. The summed E-state index contributed by atoms with van der Waals surface area (Å²) in [7, 11) is 0. The fraction of sp³-hybridized carbons (Fsp3) is 0.0526. The number of nitriles is 1. The van der Waals surface area contributed by atoms with Crippen LogP contribution in [-0.4, -0.2) is 20.2 Å². The lowest BCUT2D eigenvalue weighted by Crippen LogP contribution is -1.99. The first-order chi connectivity index (χ1) is 12.6. The van der Waals surface area contributed by atoms with E-state index >= 15 is 0 Å². The van der Waals surface area contributed by atoms with Gasteiger partial charge in [0.1, 0.15) is 11.9 Å². The topological polar surface area (TPSA) is 78.2 Å². The van der Waals surface area contributed by atoms with Crippen molar-refractivity contribution in [1.29, 1.82) is 5.26 Å². The molecule has 0 atom stereocenters. The zero-order valence-electron chi connectivity index (χ0n) is 13.6. The highest BCUT2D eigenvalue weighted by molar-refractivity contribution is 6.35. The van der Waals surface area contributed by atoms with Crippen molar-refractivity contribution in [3.05, 3.63) is 64.8 Å². The fourth-order valence-corrected chi connectivity index (χ4v) is 3.10. The molecule has 2 aromatic carbocycles. The van der Waals surface area contributed by atoms with E-state index in [2.05, 4.69) is 20.2 Å². The summed E-state index contributed by atoms with van der Waals surface area (Å²) in [4.78, 5) is 8.93. The monoisotopic (exact) mass is 363 g/mol. The summed E-state index contributed by atoms with van der Waals surface area (Å²) in [6.07, 6.45) is 3.27. The zero-order valence-corrected chi connectivity index (χ0v) is 14.3. The largest absolute Gasteiger partial charge is 0.276 e. The molecule has 0 aliphatic rings. The minimum atomic E-state index is -0.619. The number of halogens is 2. The van der Waals surface area contributed by atoms with Gasteiger partial charge >= 0.3 is 0 Å². The summed E-state index contributed by atoms with van der Waals surface area (Å²) >= 11 is 6.33. The number of benzene rings is 2. The lowest BCUT2D eigenvalue weighted by Gasteiger charge is -2.11. The van der Waals surface area contributed by atoms with Crippen LogP contribution in [-0.2, 0) is 0 Å². The molecule has 0 fully saturated rings. The molecule has 0 bridgehead atoms. The quantitative estimate of drug-likeness (QED) is 0.561. The SMILES string of the molecule is Cc1cnc(-c2cc(Cl)c3[nH]ncc3c2)c(-c2cccc(C#N)c2F)n1. The van der Waals surface area contributed by atoms with Crippen LogP contribution in [0.1, 0.15) is 11.3 Å². The molecule has 0 saturated heterocycles. The minimum absolute atomic E-state index is 0.0416. The molecule has 7 heteroatoms. The van der Waals surface area contributed by atoms with E-state index in [0.717, 1.165) is 10.9 Å². The van der Waals surface area contributed by atoms with Gasteiger partial charge in [0.2, 0.25) is 0 Å². The van der Waals surface area contributed by atoms with Crippen molar-refractivity contribution in [1.82, 2.24) is 20.2 Å². The van der Waals surface area contributed by atoms with Crippen LogP contribution in [0.5, 0.6) is 0 Å².